The Morgan fingerprint density at radius 3 is 2.67 bits per heavy atom. The highest BCUT2D eigenvalue weighted by atomic mass is 35.5. The van der Waals surface area contributed by atoms with E-state index in [1.54, 1.807) is 0 Å². The van der Waals surface area contributed by atoms with E-state index in [1.807, 2.05) is 29.2 Å². The summed E-state index contributed by atoms with van der Waals surface area (Å²) in [6, 6.07) is 8.18. The van der Waals surface area contributed by atoms with Crippen LogP contribution in [0.25, 0.3) is 0 Å². The largest absolute Gasteiger partial charge is 0.334 e. The van der Waals surface area contributed by atoms with Crippen LogP contribution in [0.15, 0.2) is 24.3 Å². The highest BCUT2D eigenvalue weighted by Gasteiger charge is 2.21. The number of nitrogens with one attached hydrogen (secondary N) is 1. The van der Waals surface area contributed by atoms with Crippen molar-refractivity contribution in [2.24, 2.45) is 0 Å². The van der Waals surface area contributed by atoms with Gasteiger partial charge in [-0.15, -0.1) is 0 Å². The van der Waals surface area contributed by atoms with E-state index in [-0.39, 0.29) is 6.03 Å². The van der Waals surface area contributed by atoms with Crippen LogP contribution in [0.1, 0.15) is 24.8 Å². The van der Waals surface area contributed by atoms with E-state index in [2.05, 4.69) is 24.3 Å². The minimum absolute atomic E-state index is 0.0318. The minimum Gasteiger partial charge on any atom is -0.334 e. The van der Waals surface area contributed by atoms with Gasteiger partial charge in [0.15, 0.2) is 0 Å². The van der Waals surface area contributed by atoms with Crippen molar-refractivity contribution >= 4 is 17.6 Å². The first kappa shape index (κ1) is 16.1. The molecular weight excluding hydrogens is 286 g/mol. The lowest BCUT2D eigenvalue weighted by Crippen LogP contribution is -2.40. The van der Waals surface area contributed by atoms with Gasteiger partial charge in [-0.2, -0.15) is 0 Å². The van der Waals surface area contributed by atoms with Crippen molar-refractivity contribution in [3.8, 4) is 0 Å². The lowest BCUT2D eigenvalue weighted by atomic mass is 10.1. The van der Waals surface area contributed by atoms with Gasteiger partial charge in [-0.25, -0.2) is 4.79 Å². The molecule has 0 saturated carbocycles. The third-order valence-electron chi connectivity index (χ3n) is 4.07. The first-order valence-corrected chi connectivity index (χ1v) is 7.87. The molecule has 1 aliphatic rings. The van der Waals surface area contributed by atoms with Crippen LogP contribution in [0.3, 0.4) is 0 Å². The number of nitrogens with zero attached hydrogens (tertiary/aromatic N) is 2. The van der Waals surface area contributed by atoms with Crippen LogP contribution in [0.2, 0.25) is 5.02 Å². The average molecular weight is 310 g/mol. The van der Waals surface area contributed by atoms with Gasteiger partial charge < -0.3 is 15.1 Å². The maximum atomic E-state index is 12.2. The summed E-state index contributed by atoms with van der Waals surface area (Å²) >= 11 is 5.85. The highest BCUT2D eigenvalue weighted by Crippen LogP contribution is 2.15. The van der Waals surface area contributed by atoms with Crippen LogP contribution in [-0.4, -0.2) is 49.1 Å². The molecule has 1 saturated heterocycles. The Balaban J connectivity index is 1.81. The van der Waals surface area contributed by atoms with Gasteiger partial charge in [-0.05, 0) is 51.1 Å². The van der Waals surface area contributed by atoms with Gasteiger partial charge in [-0.1, -0.05) is 23.7 Å². The monoisotopic (exact) mass is 309 g/mol. The van der Waals surface area contributed by atoms with E-state index in [4.69, 9.17) is 11.6 Å². The first-order valence-electron chi connectivity index (χ1n) is 7.50. The van der Waals surface area contributed by atoms with Crippen molar-refractivity contribution in [3.63, 3.8) is 0 Å². The fourth-order valence-corrected chi connectivity index (χ4v) is 2.82. The third kappa shape index (κ3) is 4.90. The standard InChI is InChI=1S/C16H24ClN3O/c1-19(2)15-4-3-10-20(11-9-15)16(21)18-12-13-5-7-14(17)8-6-13/h5-8,15H,3-4,9-12H2,1-2H3,(H,18,21). The number of benzene rings is 1. The summed E-state index contributed by atoms with van der Waals surface area (Å²) in [6.07, 6.45) is 3.27. The predicted octanol–water partition coefficient (Wildman–Crippen LogP) is 2.97. The lowest BCUT2D eigenvalue weighted by molar-refractivity contribution is 0.197. The zero-order valence-corrected chi connectivity index (χ0v) is 13.6. The summed E-state index contributed by atoms with van der Waals surface area (Å²) in [6.45, 7) is 2.22. The van der Waals surface area contributed by atoms with E-state index < -0.39 is 0 Å². The SMILES string of the molecule is CN(C)C1CCCN(C(=O)NCc2ccc(Cl)cc2)CC1. The summed E-state index contributed by atoms with van der Waals surface area (Å²) in [5.41, 5.74) is 1.06. The van der Waals surface area contributed by atoms with Crippen molar-refractivity contribution in [2.45, 2.75) is 31.8 Å². The number of hydrogen-bond acceptors (Lipinski definition) is 2. The Hall–Kier alpha value is -1.26. The summed E-state index contributed by atoms with van der Waals surface area (Å²) in [4.78, 5) is 16.4. The van der Waals surface area contributed by atoms with Crippen LogP contribution in [0, 0.1) is 0 Å². The molecule has 1 unspecified atom stereocenters. The van der Waals surface area contributed by atoms with Gasteiger partial charge >= 0.3 is 6.03 Å². The molecule has 0 bridgehead atoms. The molecule has 5 heteroatoms. The van der Waals surface area contributed by atoms with Crippen molar-refractivity contribution in [1.82, 2.24) is 15.1 Å². The van der Waals surface area contributed by atoms with Gasteiger partial charge in [-0.3, -0.25) is 0 Å². The zero-order valence-electron chi connectivity index (χ0n) is 12.8. The molecule has 1 fully saturated rings. The fraction of sp³-hybridized carbons (Fsp3) is 0.562. The molecule has 1 aromatic rings. The molecule has 116 valence electrons. The number of rotatable bonds is 3. The second kappa shape index (κ2) is 7.66. The Morgan fingerprint density at radius 2 is 2.00 bits per heavy atom. The number of urea groups is 1. The number of carbonyl (C=O) groups excluding carboxylic acids is 1. The molecule has 1 N–H and O–H groups in total. The third-order valence-corrected chi connectivity index (χ3v) is 4.32. The van der Waals surface area contributed by atoms with Crippen LogP contribution < -0.4 is 5.32 Å². The van der Waals surface area contributed by atoms with Crippen molar-refractivity contribution in [2.75, 3.05) is 27.2 Å². The number of amides is 2. The number of halogens is 1. The Morgan fingerprint density at radius 1 is 1.29 bits per heavy atom. The summed E-state index contributed by atoms with van der Waals surface area (Å²) < 4.78 is 0. The Labute approximate surface area is 132 Å². The number of carbonyl (C=O) groups is 1. The molecule has 21 heavy (non-hydrogen) atoms. The van der Waals surface area contributed by atoms with Crippen LogP contribution in [0.5, 0.6) is 0 Å². The van der Waals surface area contributed by atoms with E-state index in [9.17, 15) is 4.79 Å². The van der Waals surface area contributed by atoms with Gasteiger partial charge in [0, 0.05) is 30.7 Å². The topological polar surface area (TPSA) is 35.6 Å². The van der Waals surface area contributed by atoms with Crippen molar-refractivity contribution in [1.29, 1.82) is 0 Å². The smallest absolute Gasteiger partial charge is 0.317 e. The van der Waals surface area contributed by atoms with Crippen molar-refractivity contribution < 1.29 is 4.79 Å². The molecule has 0 aromatic heterocycles. The van der Waals surface area contributed by atoms with Gasteiger partial charge in [0.25, 0.3) is 0 Å². The normalized spacial score (nSPS) is 19.4. The summed E-state index contributed by atoms with van der Waals surface area (Å²) in [7, 11) is 4.22. The highest BCUT2D eigenvalue weighted by molar-refractivity contribution is 6.30. The van der Waals surface area contributed by atoms with E-state index in [1.165, 1.54) is 0 Å². The van der Waals surface area contributed by atoms with E-state index >= 15 is 0 Å². The number of hydrogen-bond donors (Lipinski definition) is 1. The predicted molar refractivity (Wildman–Crippen MR) is 86.6 cm³/mol. The first-order chi connectivity index (χ1) is 10.1. The maximum Gasteiger partial charge on any atom is 0.317 e. The van der Waals surface area contributed by atoms with Gasteiger partial charge in [0.2, 0.25) is 0 Å². The molecule has 4 nitrogen and oxygen atoms in total. The quantitative estimate of drug-likeness (QED) is 0.932. The van der Waals surface area contributed by atoms with Crippen molar-refractivity contribution in [3.05, 3.63) is 34.9 Å². The maximum absolute atomic E-state index is 12.2. The van der Waals surface area contributed by atoms with Gasteiger partial charge in [0.1, 0.15) is 0 Å². The molecule has 2 amide bonds. The molecule has 1 aromatic carbocycles. The lowest BCUT2D eigenvalue weighted by Gasteiger charge is -2.23. The van der Waals surface area contributed by atoms with Gasteiger partial charge in [0.05, 0.1) is 0 Å². The number of likely N-dealkylation sites (tertiary alicyclic amines) is 1. The Bertz CT molecular complexity index is 461. The van der Waals surface area contributed by atoms with E-state index in [0.717, 1.165) is 37.9 Å². The summed E-state index contributed by atoms with van der Waals surface area (Å²) in [5.74, 6) is 0. The molecule has 0 radical (unpaired) electrons. The average Bonchev–Trinajstić information content (AvgIpc) is 2.72. The molecule has 1 aliphatic heterocycles. The molecule has 1 atom stereocenters. The molecule has 0 spiro atoms. The summed E-state index contributed by atoms with van der Waals surface area (Å²) in [5, 5.41) is 3.71. The fourth-order valence-electron chi connectivity index (χ4n) is 2.69. The molecule has 0 aliphatic carbocycles. The van der Waals surface area contributed by atoms with Crippen LogP contribution >= 0.6 is 11.6 Å². The molecule has 1 heterocycles. The zero-order chi connectivity index (χ0) is 15.2. The Kier molecular flexibility index (Phi) is 5.88. The molecule has 2 rings (SSSR count). The van der Waals surface area contributed by atoms with Crippen LogP contribution in [0.4, 0.5) is 4.79 Å². The van der Waals surface area contributed by atoms with E-state index in [0.29, 0.717) is 17.6 Å². The second-order valence-electron chi connectivity index (χ2n) is 5.82. The van der Waals surface area contributed by atoms with Crippen LogP contribution in [-0.2, 0) is 6.54 Å². The second-order valence-corrected chi connectivity index (χ2v) is 6.26. The minimum atomic E-state index is 0.0318. The molecular formula is C16H24ClN3O.